The molecule has 1 N–H and O–H groups in total. The molecule has 0 bridgehead atoms. The molecule has 0 saturated carbocycles. The van der Waals surface area contributed by atoms with E-state index < -0.39 is 10.0 Å². The zero-order valence-corrected chi connectivity index (χ0v) is 19.7. The monoisotopic (exact) mass is 463 g/mol. The molecule has 0 aromatic heterocycles. The normalized spacial score (nSPS) is 18.0. The summed E-state index contributed by atoms with van der Waals surface area (Å²) in [4.78, 5) is 30.3. The molecule has 1 aromatic carbocycles. The second kappa shape index (κ2) is 10.9. The maximum absolute atomic E-state index is 12.6. The van der Waals surface area contributed by atoms with E-state index in [2.05, 4.69) is 10.2 Å². The van der Waals surface area contributed by atoms with Gasteiger partial charge in [-0.3, -0.25) is 9.69 Å². The molecule has 0 atom stereocenters. The quantitative estimate of drug-likeness (QED) is 0.550. The molecule has 3 rings (SSSR count). The predicted octanol–water partition coefficient (Wildman–Crippen LogP) is 0.900. The highest BCUT2D eigenvalue weighted by atomic mass is 32.2. The van der Waals surface area contributed by atoms with Crippen LogP contribution in [0.2, 0.25) is 0 Å². The van der Waals surface area contributed by atoms with Crippen LogP contribution < -0.4 is 5.32 Å². The molecule has 2 aliphatic heterocycles. The lowest BCUT2D eigenvalue weighted by Gasteiger charge is -2.34. The molecule has 2 aliphatic rings. The fourth-order valence-electron chi connectivity index (χ4n) is 3.91. The van der Waals surface area contributed by atoms with Crippen molar-refractivity contribution in [3.05, 3.63) is 35.9 Å². The zero-order valence-electron chi connectivity index (χ0n) is 18.9. The smallest absolute Gasteiger partial charge is 0.317 e. The fraction of sp³-hybridized carbons (Fsp3) is 0.545. The predicted molar refractivity (Wildman–Crippen MR) is 124 cm³/mol. The molecule has 10 heteroatoms. The van der Waals surface area contributed by atoms with Gasteiger partial charge in [-0.1, -0.05) is 26.0 Å². The lowest BCUT2D eigenvalue weighted by Crippen LogP contribution is -2.50. The Kier molecular flexibility index (Phi) is 8.27. The van der Waals surface area contributed by atoms with E-state index in [-0.39, 0.29) is 16.8 Å². The third-order valence-corrected chi connectivity index (χ3v) is 8.02. The number of carbonyl (C=O) groups is 2. The van der Waals surface area contributed by atoms with E-state index in [9.17, 15) is 18.0 Å². The van der Waals surface area contributed by atoms with Crippen molar-refractivity contribution in [2.75, 3.05) is 65.4 Å². The molecular weight excluding hydrogens is 430 g/mol. The summed E-state index contributed by atoms with van der Waals surface area (Å²) in [5.74, 6) is -0.0524. The number of hydrogen-bond donors (Lipinski definition) is 1. The van der Waals surface area contributed by atoms with Crippen molar-refractivity contribution >= 4 is 28.0 Å². The lowest BCUT2D eigenvalue weighted by atomic mass is 10.2. The number of nitrogens with zero attached hydrogens (tertiary/aromatic N) is 4. The van der Waals surface area contributed by atoms with Crippen LogP contribution in [0.5, 0.6) is 0 Å². The Balaban J connectivity index is 1.47. The Labute approximate surface area is 190 Å². The Morgan fingerprint density at radius 2 is 1.69 bits per heavy atom. The number of nitrogens with one attached hydrogen (secondary N) is 1. The average Bonchev–Trinajstić information content (AvgIpc) is 3.22. The van der Waals surface area contributed by atoms with Crippen LogP contribution in [0.25, 0.3) is 6.08 Å². The summed E-state index contributed by atoms with van der Waals surface area (Å²) in [5, 5.41) is 2.80. The van der Waals surface area contributed by atoms with Crippen LogP contribution in [-0.4, -0.2) is 105 Å². The Hall–Kier alpha value is -2.43. The lowest BCUT2D eigenvalue weighted by molar-refractivity contribution is -0.127. The first-order valence-electron chi connectivity index (χ1n) is 11.2. The van der Waals surface area contributed by atoms with Gasteiger partial charge in [0.25, 0.3) is 0 Å². The van der Waals surface area contributed by atoms with Crippen LogP contribution in [0.1, 0.15) is 19.4 Å². The highest BCUT2D eigenvalue weighted by Gasteiger charge is 2.23. The molecule has 0 aliphatic carbocycles. The van der Waals surface area contributed by atoms with E-state index in [0.717, 1.165) is 31.7 Å². The Bertz CT molecular complexity index is 920. The van der Waals surface area contributed by atoms with E-state index in [1.54, 1.807) is 30.3 Å². The molecule has 1 aromatic rings. The van der Waals surface area contributed by atoms with Crippen molar-refractivity contribution in [1.82, 2.24) is 24.3 Å². The van der Waals surface area contributed by atoms with Gasteiger partial charge in [0, 0.05) is 71.5 Å². The molecule has 3 amide bonds. The van der Waals surface area contributed by atoms with E-state index in [1.807, 2.05) is 23.6 Å². The number of carbonyl (C=O) groups excluding carboxylic acids is 2. The number of urea groups is 1. The summed E-state index contributed by atoms with van der Waals surface area (Å²) in [6.07, 6.45) is 3.26. The van der Waals surface area contributed by atoms with Gasteiger partial charge in [-0.25, -0.2) is 13.2 Å². The van der Waals surface area contributed by atoms with Crippen LogP contribution in [0.3, 0.4) is 0 Å². The van der Waals surface area contributed by atoms with E-state index in [1.165, 1.54) is 10.4 Å². The van der Waals surface area contributed by atoms with Gasteiger partial charge in [-0.15, -0.1) is 0 Å². The fourth-order valence-corrected chi connectivity index (χ4v) is 5.37. The molecule has 2 saturated heterocycles. The van der Waals surface area contributed by atoms with E-state index >= 15 is 0 Å². The number of benzene rings is 1. The molecule has 2 heterocycles. The van der Waals surface area contributed by atoms with Crippen molar-refractivity contribution < 1.29 is 18.0 Å². The average molecular weight is 464 g/mol. The first-order chi connectivity index (χ1) is 15.3. The van der Waals surface area contributed by atoms with Crippen molar-refractivity contribution in [3.63, 3.8) is 0 Å². The van der Waals surface area contributed by atoms with E-state index in [0.29, 0.717) is 39.3 Å². The van der Waals surface area contributed by atoms with Crippen molar-refractivity contribution in [2.45, 2.75) is 18.7 Å². The van der Waals surface area contributed by atoms with Gasteiger partial charge in [0.1, 0.15) is 0 Å². The third kappa shape index (κ3) is 5.87. The minimum Gasteiger partial charge on any atom is -0.337 e. The summed E-state index contributed by atoms with van der Waals surface area (Å²) in [5.41, 5.74) is 0.777. The molecule has 32 heavy (non-hydrogen) atoms. The standard InChI is InChI=1S/C22H33N5O4S/c1-3-27(4-2)32(30,31)20-8-5-19(6-9-20)7-10-21(28)25-16-13-24(14-17-25)15-18-26-12-11-23-22(26)29/h5-10H,3-4,11-18H2,1-2H3,(H,23,29)/b10-7-. The second-order valence-electron chi connectivity index (χ2n) is 7.88. The van der Waals surface area contributed by atoms with Crippen LogP contribution >= 0.6 is 0 Å². The third-order valence-electron chi connectivity index (χ3n) is 5.96. The van der Waals surface area contributed by atoms with Crippen molar-refractivity contribution in [3.8, 4) is 0 Å². The SMILES string of the molecule is CCN(CC)S(=O)(=O)c1ccc(/C=C\C(=O)N2CCN(CCN3CCNC3=O)CC2)cc1. The minimum absolute atomic E-state index is 0.00244. The molecule has 176 valence electrons. The van der Waals surface area contributed by atoms with Gasteiger partial charge in [0.2, 0.25) is 15.9 Å². The van der Waals surface area contributed by atoms with Crippen LogP contribution in [0.15, 0.2) is 35.2 Å². The highest BCUT2D eigenvalue weighted by Crippen LogP contribution is 2.17. The van der Waals surface area contributed by atoms with Crippen LogP contribution in [0.4, 0.5) is 4.79 Å². The first-order valence-corrected chi connectivity index (χ1v) is 12.6. The number of hydrogen-bond acceptors (Lipinski definition) is 5. The van der Waals surface area contributed by atoms with Crippen LogP contribution in [0, 0.1) is 0 Å². The number of rotatable bonds is 9. The van der Waals surface area contributed by atoms with Gasteiger partial charge in [-0.2, -0.15) is 4.31 Å². The topological polar surface area (TPSA) is 93.3 Å². The number of sulfonamides is 1. The van der Waals surface area contributed by atoms with Crippen molar-refractivity contribution in [1.29, 1.82) is 0 Å². The Morgan fingerprint density at radius 3 is 2.25 bits per heavy atom. The summed E-state index contributed by atoms with van der Waals surface area (Å²) < 4.78 is 26.5. The first kappa shape index (κ1) is 24.2. The van der Waals surface area contributed by atoms with E-state index in [4.69, 9.17) is 0 Å². The van der Waals surface area contributed by atoms with Gasteiger partial charge >= 0.3 is 6.03 Å². The van der Waals surface area contributed by atoms with Gasteiger partial charge < -0.3 is 15.1 Å². The Morgan fingerprint density at radius 1 is 1.03 bits per heavy atom. The van der Waals surface area contributed by atoms with Gasteiger partial charge in [0.15, 0.2) is 0 Å². The molecular formula is C22H33N5O4S. The van der Waals surface area contributed by atoms with Crippen LogP contribution in [-0.2, 0) is 14.8 Å². The number of piperazine rings is 1. The summed E-state index contributed by atoms with van der Waals surface area (Å²) in [6.45, 7) is 10.3. The minimum atomic E-state index is -3.48. The molecule has 9 nitrogen and oxygen atoms in total. The highest BCUT2D eigenvalue weighted by molar-refractivity contribution is 7.89. The second-order valence-corrected chi connectivity index (χ2v) is 9.82. The molecule has 2 fully saturated rings. The summed E-state index contributed by atoms with van der Waals surface area (Å²) in [6, 6.07) is 6.59. The van der Waals surface area contributed by atoms with Gasteiger partial charge in [-0.05, 0) is 23.8 Å². The number of amides is 3. The zero-order chi connectivity index (χ0) is 23.1. The maximum Gasteiger partial charge on any atom is 0.317 e. The molecule has 0 spiro atoms. The maximum atomic E-state index is 12.6. The summed E-state index contributed by atoms with van der Waals surface area (Å²) in [7, 11) is -3.48. The van der Waals surface area contributed by atoms with Crippen molar-refractivity contribution in [2.24, 2.45) is 0 Å². The summed E-state index contributed by atoms with van der Waals surface area (Å²) >= 11 is 0. The molecule has 0 unspecified atom stereocenters. The van der Waals surface area contributed by atoms with Gasteiger partial charge in [0.05, 0.1) is 4.90 Å². The molecule has 0 radical (unpaired) electrons. The largest absolute Gasteiger partial charge is 0.337 e.